The highest BCUT2D eigenvalue weighted by Crippen LogP contribution is 2.26. The van der Waals surface area contributed by atoms with Crippen molar-refractivity contribution in [1.82, 2.24) is 9.78 Å². The number of nitrogens with one attached hydrogen (secondary N) is 1. The Morgan fingerprint density at radius 3 is 3.08 bits per heavy atom. The molecule has 0 saturated carbocycles. The minimum Gasteiger partial charge on any atom is -0.368 e. The van der Waals surface area contributed by atoms with Crippen LogP contribution in [0.25, 0.3) is 0 Å². The molecule has 0 spiro atoms. The van der Waals surface area contributed by atoms with Crippen molar-refractivity contribution in [3.8, 4) is 0 Å². The van der Waals surface area contributed by atoms with E-state index in [1.165, 1.54) is 5.82 Å². The first-order chi connectivity index (χ1) is 5.66. The number of rotatable bonds is 0. The Morgan fingerprint density at radius 1 is 1.58 bits per heavy atom. The lowest BCUT2D eigenvalue weighted by atomic mass is 10.1. The second kappa shape index (κ2) is 2.51. The predicted octanol–water partition coefficient (Wildman–Crippen LogP) is 1.96. The Hall–Kier alpha value is -0.990. The van der Waals surface area contributed by atoms with E-state index in [4.69, 9.17) is 0 Å². The van der Waals surface area contributed by atoms with Crippen molar-refractivity contribution in [3.63, 3.8) is 0 Å². The van der Waals surface area contributed by atoms with Crippen LogP contribution < -0.4 is 5.32 Å². The summed E-state index contributed by atoms with van der Waals surface area (Å²) < 4.78 is 2.08. The van der Waals surface area contributed by atoms with Gasteiger partial charge in [0.15, 0.2) is 0 Å². The van der Waals surface area contributed by atoms with Crippen LogP contribution in [0, 0.1) is 6.92 Å². The summed E-state index contributed by atoms with van der Waals surface area (Å²) in [6.07, 6.45) is 1.16. The Balaban J connectivity index is 2.40. The van der Waals surface area contributed by atoms with Gasteiger partial charge >= 0.3 is 0 Å². The van der Waals surface area contributed by atoms with E-state index in [1.807, 2.05) is 6.92 Å². The molecule has 0 radical (unpaired) electrons. The molecule has 2 heterocycles. The molecule has 66 valence electrons. The maximum atomic E-state index is 4.42. The van der Waals surface area contributed by atoms with Crippen LogP contribution >= 0.6 is 0 Å². The lowest BCUT2D eigenvalue weighted by Crippen LogP contribution is -2.28. The van der Waals surface area contributed by atoms with E-state index in [0.717, 1.165) is 12.1 Å². The molecular formula is C9H15N3. The van der Waals surface area contributed by atoms with Gasteiger partial charge in [0.2, 0.25) is 0 Å². The first kappa shape index (κ1) is 7.65. The number of nitrogens with zero attached hydrogens (tertiary/aromatic N) is 2. The number of hydrogen-bond acceptors (Lipinski definition) is 2. The molecule has 1 N–H and O–H groups in total. The first-order valence-electron chi connectivity index (χ1n) is 4.49. The lowest BCUT2D eigenvalue weighted by molar-refractivity contribution is 0.412. The van der Waals surface area contributed by atoms with Crippen LogP contribution in [-0.2, 0) is 0 Å². The van der Waals surface area contributed by atoms with Crippen molar-refractivity contribution in [2.45, 2.75) is 39.3 Å². The van der Waals surface area contributed by atoms with Crippen molar-refractivity contribution in [2.75, 3.05) is 5.32 Å². The van der Waals surface area contributed by atoms with Crippen molar-refractivity contribution in [2.24, 2.45) is 0 Å². The topological polar surface area (TPSA) is 29.9 Å². The van der Waals surface area contributed by atoms with Crippen molar-refractivity contribution < 1.29 is 0 Å². The molecule has 0 fully saturated rings. The summed E-state index contributed by atoms with van der Waals surface area (Å²) in [7, 11) is 0. The molecule has 1 aromatic heterocycles. The van der Waals surface area contributed by atoms with Gasteiger partial charge in [-0.05, 0) is 27.2 Å². The molecule has 0 amide bonds. The largest absolute Gasteiger partial charge is 0.368 e. The van der Waals surface area contributed by atoms with Crippen molar-refractivity contribution >= 4 is 5.82 Å². The molecule has 3 heteroatoms. The molecule has 1 aliphatic heterocycles. The zero-order valence-electron chi connectivity index (χ0n) is 7.83. The number of fused-ring (bicyclic) bond motifs is 1. The Labute approximate surface area is 72.8 Å². The van der Waals surface area contributed by atoms with Crippen LogP contribution in [0.5, 0.6) is 0 Å². The molecule has 2 atom stereocenters. The molecule has 1 aliphatic rings. The Kier molecular flexibility index (Phi) is 1.60. The van der Waals surface area contributed by atoms with Gasteiger partial charge in [-0.15, -0.1) is 0 Å². The minimum absolute atomic E-state index is 0.532. The van der Waals surface area contributed by atoms with Gasteiger partial charge in [-0.3, -0.25) is 0 Å². The highest BCUT2D eigenvalue weighted by molar-refractivity contribution is 5.39. The van der Waals surface area contributed by atoms with E-state index in [9.17, 15) is 0 Å². The molecule has 0 aromatic carbocycles. The zero-order valence-corrected chi connectivity index (χ0v) is 7.83. The van der Waals surface area contributed by atoms with Crippen molar-refractivity contribution in [1.29, 1.82) is 0 Å². The lowest BCUT2D eigenvalue weighted by Gasteiger charge is -2.27. The molecule has 0 bridgehead atoms. The molecule has 2 rings (SSSR count). The number of anilines is 1. The fourth-order valence-electron chi connectivity index (χ4n) is 1.88. The third kappa shape index (κ3) is 1.09. The highest BCUT2D eigenvalue weighted by Gasteiger charge is 2.20. The van der Waals surface area contributed by atoms with Gasteiger partial charge in [-0.2, -0.15) is 5.10 Å². The van der Waals surface area contributed by atoms with Gasteiger partial charge in [0, 0.05) is 12.1 Å². The summed E-state index contributed by atoms with van der Waals surface area (Å²) in [5.74, 6) is 1.17. The van der Waals surface area contributed by atoms with E-state index in [2.05, 4.69) is 35.0 Å². The number of aryl methyl sites for hydroxylation is 1. The summed E-state index contributed by atoms with van der Waals surface area (Å²) in [6.45, 7) is 6.46. The summed E-state index contributed by atoms with van der Waals surface area (Å²) >= 11 is 0. The molecule has 1 aromatic rings. The molecular weight excluding hydrogens is 150 g/mol. The van der Waals surface area contributed by atoms with Gasteiger partial charge in [0.1, 0.15) is 5.82 Å². The monoisotopic (exact) mass is 165 g/mol. The van der Waals surface area contributed by atoms with Gasteiger partial charge in [0.05, 0.1) is 11.7 Å². The Bertz CT molecular complexity index is 290. The predicted molar refractivity (Wildman–Crippen MR) is 49.4 cm³/mol. The van der Waals surface area contributed by atoms with Gasteiger partial charge in [0.25, 0.3) is 0 Å². The summed E-state index contributed by atoms with van der Waals surface area (Å²) in [6, 6.07) is 3.21. The smallest absolute Gasteiger partial charge is 0.125 e. The van der Waals surface area contributed by atoms with E-state index in [1.54, 1.807) is 0 Å². The SMILES string of the molecule is Cc1cc2n(n1)[C@@H](C)C[C@@H](C)N2. The third-order valence-electron chi connectivity index (χ3n) is 2.36. The van der Waals surface area contributed by atoms with Crippen LogP contribution in [0.15, 0.2) is 6.07 Å². The van der Waals surface area contributed by atoms with Crippen LogP contribution in [0.3, 0.4) is 0 Å². The fraction of sp³-hybridized carbons (Fsp3) is 0.667. The molecule has 3 nitrogen and oxygen atoms in total. The molecule has 0 aliphatic carbocycles. The zero-order chi connectivity index (χ0) is 8.72. The minimum atomic E-state index is 0.532. The van der Waals surface area contributed by atoms with Crippen molar-refractivity contribution in [3.05, 3.63) is 11.8 Å². The van der Waals surface area contributed by atoms with Gasteiger partial charge in [-0.25, -0.2) is 4.68 Å². The van der Waals surface area contributed by atoms with Crippen LogP contribution in [0.2, 0.25) is 0 Å². The van der Waals surface area contributed by atoms with Crippen LogP contribution in [-0.4, -0.2) is 15.8 Å². The van der Waals surface area contributed by atoms with E-state index < -0.39 is 0 Å². The molecule has 0 saturated heterocycles. The van der Waals surface area contributed by atoms with Gasteiger partial charge < -0.3 is 5.32 Å². The molecule has 0 unspecified atom stereocenters. The van der Waals surface area contributed by atoms with Crippen LogP contribution in [0.1, 0.15) is 32.0 Å². The maximum absolute atomic E-state index is 4.42. The highest BCUT2D eigenvalue weighted by atomic mass is 15.4. The van der Waals surface area contributed by atoms with E-state index in [-0.39, 0.29) is 0 Å². The maximum Gasteiger partial charge on any atom is 0.125 e. The fourth-order valence-corrected chi connectivity index (χ4v) is 1.88. The van der Waals surface area contributed by atoms with Gasteiger partial charge in [-0.1, -0.05) is 0 Å². The summed E-state index contributed by atoms with van der Waals surface area (Å²) in [5, 5.41) is 7.83. The van der Waals surface area contributed by atoms with E-state index >= 15 is 0 Å². The van der Waals surface area contributed by atoms with Crippen LogP contribution in [0.4, 0.5) is 5.82 Å². The Morgan fingerprint density at radius 2 is 2.33 bits per heavy atom. The standard InChI is InChI=1S/C9H15N3/c1-6-4-8(3)12-9(10-6)5-7(2)11-12/h5-6,8,10H,4H2,1-3H3/t6-,8+/m1/s1. The quantitative estimate of drug-likeness (QED) is 0.637. The third-order valence-corrected chi connectivity index (χ3v) is 2.36. The second-order valence-electron chi connectivity index (χ2n) is 3.75. The first-order valence-corrected chi connectivity index (χ1v) is 4.49. The average molecular weight is 165 g/mol. The average Bonchev–Trinajstić information content (AvgIpc) is 2.29. The number of aromatic nitrogens is 2. The molecule has 12 heavy (non-hydrogen) atoms. The second-order valence-corrected chi connectivity index (χ2v) is 3.75. The summed E-state index contributed by atoms with van der Waals surface area (Å²) in [4.78, 5) is 0. The van der Waals surface area contributed by atoms with E-state index in [0.29, 0.717) is 12.1 Å². The normalized spacial score (nSPS) is 27.9. The summed E-state index contributed by atoms with van der Waals surface area (Å²) in [5.41, 5.74) is 1.10. The number of hydrogen-bond donors (Lipinski definition) is 1.